The van der Waals surface area contributed by atoms with Crippen molar-refractivity contribution in [2.24, 2.45) is 5.41 Å². The van der Waals surface area contributed by atoms with Gasteiger partial charge in [0.05, 0.1) is 29.3 Å². The minimum absolute atomic E-state index is 0.141. The van der Waals surface area contributed by atoms with Crippen LogP contribution in [0.1, 0.15) is 30.6 Å². The van der Waals surface area contributed by atoms with Crippen molar-refractivity contribution in [3.8, 4) is 6.07 Å². The number of rotatable bonds is 3. The van der Waals surface area contributed by atoms with E-state index in [0.29, 0.717) is 12.0 Å². The zero-order valence-corrected chi connectivity index (χ0v) is 11.1. The molecule has 0 aliphatic carbocycles. The Morgan fingerprint density at radius 2 is 2.21 bits per heavy atom. The molecule has 0 N–H and O–H groups in total. The van der Waals surface area contributed by atoms with Gasteiger partial charge in [-0.1, -0.05) is 18.2 Å². The summed E-state index contributed by atoms with van der Waals surface area (Å²) in [6, 6.07) is 11.1. The lowest BCUT2D eigenvalue weighted by molar-refractivity contribution is -0.00802. The fourth-order valence-electron chi connectivity index (χ4n) is 2.19. The lowest BCUT2D eigenvalue weighted by Crippen LogP contribution is -2.22. The lowest BCUT2D eigenvalue weighted by Gasteiger charge is -2.16. The summed E-state index contributed by atoms with van der Waals surface area (Å²) in [5.41, 5.74) is 0.0284. The molecular formula is C15H17NO3. The van der Waals surface area contributed by atoms with Gasteiger partial charge in [-0.3, -0.25) is 0 Å². The van der Waals surface area contributed by atoms with Crippen LogP contribution in [0.4, 0.5) is 0 Å². The molecule has 19 heavy (non-hydrogen) atoms. The van der Waals surface area contributed by atoms with E-state index < -0.39 is 5.41 Å². The molecule has 4 heteroatoms. The molecule has 0 saturated carbocycles. The molecule has 3 atom stereocenters. The van der Waals surface area contributed by atoms with Crippen molar-refractivity contribution >= 4 is 5.97 Å². The molecule has 1 aliphatic heterocycles. The minimum Gasteiger partial charge on any atom is -0.459 e. The van der Waals surface area contributed by atoms with Crippen LogP contribution in [0.25, 0.3) is 0 Å². The third-order valence-corrected chi connectivity index (χ3v) is 3.61. The first-order valence-corrected chi connectivity index (χ1v) is 6.34. The molecule has 0 bridgehead atoms. The maximum atomic E-state index is 11.8. The van der Waals surface area contributed by atoms with Crippen LogP contribution < -0.4 is 0 Å². The minimum atomic E-state index is -0.496. The van der Waals surface area contributed by atoms with Gasteiger partial charge in [-0.15, -0.1) is 0 Å². The van der Waals surface area contributed by atoms with Crippen LogP contribution in [0.2, 0.25) is 0 Å². The zero-order valence-electron chi connectivity index (χ0n) is 11.1. The van der Waals surface area contributed by atoms with Crippen molar-refractivity contribution in [2.45, 2.75) is 32.5 Å². The summed E-state index contributed by atoms with van der Waals surface area (Å²) < 4.78 is 10.9. The van der Waals surface area contributed by atoms with E-state index in [1.165, 1.54) is 0 Å². The second-order valence-corrected chi connectivity index (χ2v) is 5.10. The molecule has 1 aromatic carbocycles. The normalized spacial score (nSPS) is 29.7. The van der Waals surface area contributed by atoms with Crippen molar-refractivity contribution in [1.82, 2.24) is 0 Å². The first-order chi connectivity index (χ1) is 9.05. The standard InChI is InChI=1S/C15H17NO3/c1-11-15(2,10-16)8-13(19-11)9-18-14(17)12-6-4-3-5-7-12/h3-7,11,13H,8-9H2,1-2H3/t11-,13+,15+/m1/s1. The molecule has 4 nitrogen and oxygen atoms in total. The van der Waals surface area contributed by atoms with Crippen LogP contribution in [0.3, 0.4) is 0 Å². The summed E-state index contributed by atoms with van der Waals surface area (Å²) in [7, 11) is 0. The molecule has 0 unspecified atom stereocenters. The van der Waals surface area contributed by atoms with E-state index in [0.717, 1.165) is 0 Å². The number of hydrogen-bond donors (Lipinski definition) is 0. The molecule has 2 rings (SSSR count). The fraction of sp³-hybridized carbons (Fsp3) is 0.467. The number of hydrogen-bond acceptors (Lipinski definition) is 4. The number of benzene rings is 1. The van der Waals surface area contributed by atoms with Gasteiger partial charge in [0.15, 0.2) is 0 Å². The van der Waals surface area contributed by atoms with Gasteiger partial charge in [-0.05, 0) is 32.4 Å². The first kappa shape index (κ1) is 13.6. The molecule has 1 fully saturated rings. The number of esters is 1. The van der Waals surface area contributed by atoms with E-state index >= 15 is 0 Å². The fourth-order valence-corrected chi connectivity index (χ4v) is 2.19. The Morgan fingerprint density at radius 1 is 1.53 bits per heavy atom. The van der Waals surface area contributed by atoms with E-state index in [2.05, 4.69) is 6.07 Å². The van der Waals surface area contributed by atoms with E-state index in [9.17, 15) is 4.79 Å². The van der Waals surface area contributed by atoms with Crippen molar-refractivity contribution in [3.05, 3.63) is 35.9 Å². The molecule has 1 aromatic rings. The van der Waals surface area contributed by atoms with Crippen molar-refractivity contribution in [1.29, 1.82) is 5.26 Å². The second-order valence-electron chi connectivity index (χ2n) is 5.10. The number of nitriles is 1. The molecular weight excluding hydrogens is 242 g/mol. The van der Waals surface area contributed by atoms with Gasteiger partial charge in [-0.25, -0.2) is 4.79 Å². The molecule has 0 aromatic heterocycles. The van der Waals surface area contributed by atoms with Gasteiger partial charge in [-0.2, -0.15) is 5.26 Å². The SMILES string of the molecule is C[C@H]1O[C@H](COC(=O)c2ccccc2)C[C@@]1(C)C#N. The van der Waals surface area contributed by atoms with Gasteiger partial charge < -0.3 is 9.47 Å². The quantitative estimate of drug-likeness (QED) is 0.783. The molecule has 0 spiro atoms. The molecule has 100 valence electrons. The third kappa shape index (κ3) is 2.94. The van der Waals surface area contributed by atoms with E-state index in [1.807, 2.05) is 19.9 Å². The average molecular weight is 259 g/mol. The van der Waals surface area contributed by atoms with Gasteiger partial charge in [0.1, 0.15) is 6.61 Å². The largest absolute Gasteiger partial charge is 0.459 e. The van der Waals surface area contributed by atoms with Crippen molar-refractivity contribution in [3.63, 3.8) is 0 Å². The highest BCUT2D eigenvalue weighted by molar-refractivity contribution is 5.89. The average Bonchev–Trinajstić information content (AvgIpc) is 2.73. The summed E-state index contributed by atoms with van der Waals surface area (Å²) in [5.74, 6) is -0.359. The maximum Gasteiger partial charge on any atom is 0.338 e. The maximum absolute atomic E-state index is 11.8. The van der Waals surface area contributed by atoms with Gasteiger partial charge in [0, 0.05) is 0 Å². The lowest BCUT2D eigenvalue weighted by atomic mass is 9.84. The van der Waals surface area contributed by atoms with Crippen molar-refractivity contribution in [2.75, 3.05) is 6.61 Å². The Kier molecular flexibility index (Phi) is 3.87. The summed E-state index contributed by atoms with van der Waals surface area (Å²) in [6.07, 6.45) is 0.248. The summed E-state index contributed by atoms with van der Waals surface area (Å²) in [6.45, 7) is 3.94. The number of carbonyl (C=O) groups excluding carboxylic acids is 1. The molecule has 0 radical (unpaired) electrons. The van der Waals surface area contributed by atoms with E-state index in [1.54, 1.807) is 24.3 Å². The summed E-state index contributed by atoms with van der Waals surface area (Å²) >= 11 is 0. The Bertz CT molecular complexity index is 494. The van der Waals surface area contributed by atoms with Crippen LogP contribution >= 0.6 is 0 Å². The van der Waals surface area contributed by atoms with Crippen LogP contribution in [0.5, 0.6) is 0 Å². The van der Waals surface area contributed by atoms with Gasteiger partial charge in [0.2, 0.25) is 0 Å². The highest BCUT2D eigenvalue weighted by Gasteiger charge is 2.43. The van der Waals surface area contributed by atoms with Gasteiger partial charge >= 0.3 is 5.97 Å². The van der Waals surface area contributed by atoms with Crippen LogP contribution in [-0.4, -0.2) is 24.8 Å². The highest BCUT2D eigenvalue weighted by Crippen LogP contribution is 2.37. The summed E-state index contributed by atoms with van der Waals surface area (Å²) in [5, 5.41) is 9.13. The Labute approximate surface area is 112 Å². The zero-order chi connectivity index (χ0) is 13.9. The van der Waals surface area contributed by atoms with Crippen LogP contribution in [-0.2, 0) is 9.47 Å². The Hall–Kier alpha value is -1.86. The molecule has 1 aliphatic rings. The third-order valence-electron chi connectivity index (χ3n) is 3.61. The van der Waals surface area contributed by atoms with Crippen molar-refractivity contribution < 1.29 is 14.3 Å². The molecule has 0 amide bonds. The van der Waals surface area contributed by atoms with E-state index in [-0.39, 0.29) is 24.8 Å². The monoisotopic (exact) mass is 259 g/mol. The topological polar surface area (TPSA) is 59.3 Å². The highest BCUT2D eigenvalue weighted by atomic mass is 16.6. The molecule has 1 saturated heterocycles. The molecule has 1 heterocycles. The number of nitrogens with zero attached hydrogens (tertiary/aromatic N) is 1. The van der Waals surface area contributed by atoms with Crippen LogP contribution in [0, 0.1) is 16.7 Å². The number of carbonyl (C=O) groups is 1. The Morgan fingerprint density at radius 3 is 2.79 bits per heavy atom. The number of ether oxygens (including phenoxy) is 2. The van der Waals surface area contributed by atoms with Crippen LogP contribution in [0.15, 0.2) is 30.3 Å². The summed E-state index contributed by atoms with van der Waals surface area (Å²) in [4.78, 5) is 11.8. The van der Waals surface area contributed by atoms with Gasteiger partial charge in [0.25, 0.3) is 0 Å². The second kappa shape index (κ2) is 5.41. The predicted octanol–water partition coefficient (Wildman–Crippen LogP) is 2.55. The smallest absolute Gasteiger partial charge is 0.338 e. The van der Waals surface area contributed by atoms with E-state index in [4.69, 9.17) is 14.7 Å². The predicted molar refractivity (Wildman–Crippen MR) is 69.4 cm³/mol. The Balaban J connectivity index is 1.88. The first-order valence-electron chi connectivity index (χ1n) is 6.34.